The summed E-state index contributed by atoms with van der Waals surface area (Å²) in [5.41, 5.74) is 0.531. The van der Waals surface area contributed by atoms with Gasteiger partial charge in [0, 0.05) is 12.6 Å². The highest BCUT2D eigenvalue weighted by Crippen LogP contribution is 2.34. The number of nitrogens with zero attached hydrogens (tertiary/aromatic N) is 2. The van der Waals surface area contributed by atoms with Crippen molar-refractivity contribution in [1.29, 1.82) is 0 Å². The molecule has 1 N–H and O–H groups in total. The minimum atomic E-state index is -0.412. The van der Waals surface area contributed by atoms with Crippen LogP contribution in [0.5, 0.6) is 5.75 Å². The fourth-order valence-corrected chi connectivity index (χ4v) is 2.36. The predicted molar refractivity (Wildman–Crippen MR) is 78.5 cm³/mol. The SMILES string of the molecule is CCC(CC)N(CCO)c1ccc(OC)cc1[N+](=O)[O-]. The van der Waals surface area contributed by atoms with Crippen LogP contribution < -0.4 is 9.64 Å². The molecule has 20 heavy (non-hydrogen) atoms. The fraction of sp³-hybridized carbons (Fsp3) is 0.571. The van der Waals surface area contributed by atoms with Gasteiger partial charge in [0.25, 0.3) is 5.69 Å². The monoisotopic (exact) mass is 282 g/mol. The number of nitro benzene ring substituents is 1. The number of hydrogen-bond acceptors (Lipinski definition) is 5. The van der Waals surface area contributed by atoms with Gasteiger partial charge in [0.1, 0.15) is 11.4 Å². The summed E-state index contributed by atoms with van der Waals surface area (Å²) in [5.74, 6) is 0.453. The van der Waals surface area contributed by atoms with E-state index in [1.54, 1.807) is 12.1 Å². The second-order valence-corrected chi connectivity index (χ2v) is 4.50. The standard InChI is InChI=1S/C14H22N2O4/c1-4-11(5-2)15(8-9-17)13-7-6-12(20-3)10-14(13)16(18)19/h6-7,10-11,17H,4-5,8-9H2,1-3H3. The molecule has 0 fully saturated rings. The molecule has 6 nitrogen and oxygen atoms in total. The molecule has 112 valence electrons. The van der Waals surface area contributed by atoms with Gasteiger partial charge in [0.2, 0.25) is 0 Å². The van der Waals surface area contributed by atoms with Crippen LogP contribution in [-0.4, -0.2) is 36.3 Å². The Balaban J connectivity index is 3.27. The van der Waals surface area contributed by atoms with Crippen LogP contribution >= 0.6 is 0 Å². The maximum Gasteiger partial charge on any atom is 0.296 e. The number of ether oxygens (including phenoxy) is 1. The van der Waals surface area contributed by atoms with Gasteiger partial charge in [-0.3, -0.25) is 10.1 Å². The zero-order valence-corrected chi connectivity index (χ0v) is 12.2. The van der Waals surface area contributed by atoms with Gasteiger partial charge in [-0.2, -0.15) is 0 Å². The number of rotatable bonds is 8. The van der Waals surface area contributed by atoms with Crippen molar-refractivity contribution in [2.75, 3.05) is 25.2 Å². The summed E-state index contributed by atoms with van der Waals surface area (Å²) < 4.78 is 5.04. The lowest BCUT2D eigenvalue weighted by Crippen LogP contribution is -2.37. The third-order valence-corrected chi connectivity index (χ3v) is 3.41. The van der Waals surface area contributed by atoms with Crippen molar-refractivity contribution >= 4 is 11.4 Å². The average Bonchev–Trinajstić information content (AvgIpc) is 2.46. The first kappa shape index (κ1) is 16.2. The van der Waals surface area contributed by atoms with Crippen molar-refractivity contribution in [1.82, 2.24) is 0 Å². The molecule has 0 saturated heterocycles. The minimum Gasteiger partial charge on any atom is -0.496 e. The molecule has 0 radical (unpaired) electrons. The smallest absolute Gasteiger partial charge is 0.296 e. The van der Waals surface area contributed by atoms with E-state index in [1.807, 2.05) is 18.7 Å². The molecule has 0 aromatic heterocycles. The molecule has 0 spiro atoms. The van der Waals surface area contributed by atoms with E-state index in [9.17, 15) is 15.2 Å². The first-order valence-corrected chi connectivity index (χ1v) is 6.78. The van der Waals surface area contributed by atoms with Crippen LogP contribution in [0.1, 0.15) is 26.7 Å². The zero-order chi connectivity index (χ0) is 15.1. The summed E-state index contributed by atoms with van der Waals surface area (Å²) in [6, 6.07) is 4.97. The second kappa shape index (κ2) is 7.69. The van der Waals surface area contributed by atoms with Crippen LogP contribution in [-0.2, 0) is 0 Å². The van der Waals surface area contributed by atoms with Gasteiger partial charge >= 0.3 is 0 Å². The van der Waals surface area contributed by atoms with Crippen LogP contribution in [0.2, 0.25) is 0 Å². The molecule has 0 amide bonds. The molecule has 1 aromatic rings. The lowest BCUT2D eigenvalue weighted by molar-refractivity contribution is -0.384. The van der Waals surface area contributed by atoms with Crippen LogP contribution in [0.15, 0.2) is 18.2 Å². The lowest BCUT2D eigenvalue weighted by atomic mass is 10.1. The van der Waals surface area contributed by atoms with Gasteiger partial charge in [-0.1, -0.05) is 13.8 Å². The minimum absolute atomic E-state index is 0.00435. The van der Waals surface area contributed by atoms with Gasteiger partial charge in [-0.25, -0.2) is 0 Å². The van der Waals surface area contributed by atoms with E-state index in [-0.39, 0.29) is 18.3 Å². The Morgan fingerprint density at radius 2 is 2.05 bits per heavy atom. The number of hydrogen-bond donors (Lipinski definition) is 1. The number of aliphatic hydroxyl groups is 1. The highest BCUT2D eigenvalue weighted by molar-refractivity contribution is 5.66. The van der Waals surface area contributed by atoms with Crippen molar-refractivity contribution in [3.05, 3.63) is 28.3 Å². The summed E-state index contributed by atoms with van der Waals surface area (Å²) >= 11 is 0. The van der Waals surface area contributed by atoms with E-state index in [4.69, 9.17) is 4.74 Å². The van der Waals surface area contributed by atoms with Crippen molar-refractivity contribution in [3.63, 3.8) is 0 Å². The molecular formula is C14H22N2O4. The van der Waals surface area contributed by atoms with Crippen LogP contribution in [0.3, 0.4) is 0 Å². The Kier molecular flexibility index (Phi) is 6.24. The highest BCUT2D eigenvalue weighted by Gasteiger charge is 2.24. The summed E-state index contributed by atoms with van der Waals surface area (Å²) in [4.78, 5) is 12.7. The van der Waals surface area contributed by atoms with Gasteiger partial charge < -0.3 is 14.7 Å². The van der Waals surface area contributed by atoms with Crippen molar-refractivity contribution < 1.29 is 14.8 Å². The van der Waals surface area contributed by atoms with Gasteiger partial charge in [-0.05, 0) is 25.0 Å². The number of nitro groups is 1. The quantitative estimate of drug-likeness (QED) is 0.586. The average molecular weight is 282 g/mol. The Labute approximate surface area is 119 Å². The van der Waals surface area contributed by atoms with Crippen LogP contribution in [0.4, 0.5) is 11.4 Å². The molecule has 0 bridgehead atoms. The third-order valence-electron chi connectivity index (χ3n) is 3.41. The Morgan fingerprint density at radius 1 is 1.40 bits per heavy atom. The van der Waals surface area contributed by atoms with E-state index in [0.29, 0.717) is 18.0 Å². The molecule has 0 aliphatic rings. The topological polar surface area (TPSA) is 75.8 Å². The van der Waals surface area contributed by atoms with Gasteiger partial charge in [0.05, 0.1) is 24.7 Å². The number of aliphatic hydroxyl groups excluding tert-OH is 1. The van der Waals surface area contributed by atoms with E-state index in [1.165, 1.54) is 13.2 Å². The molecule has 1 rings (SSSR count). The zero-order valence-electron chi connectivity index (χ0n) is 12.2. The van der Waals surface area contributed by atoms with Crippen LogP contribution in [0.25, 0.3) is 0 Å². The Morgan fingerprint density at radius 3 is 2.50 bits per heavy atom. The molecule has 0 aliphatic carbocycles. The summed E-state index contributed by atoms with van der Waals surface area (Å²) in [6.45, 7) is 4.40. The molecule has 0 unspecified atom stereocenters. The number of anilines is 1. The van der Waals surface area contributed by atoms with E-state index < -0.39 is 4.92 Å². The summed E-state index contributed by atoms with van der Waals surface area (Å²) in [5, 5.41) is 20.5. The predicted octanol–water partition coefficient (Wildman–Crippen LogP) is 2.59. The maximum atomic E-state index is 11.3. The van der Waals surface area contributed by atoms with Crippen molar-refractivity contribution in [3.8, 4) is 5.75 Å². The molecular weight excluding hydrogens is 260 g/mol. The summed E-state index contributed by atoms with van der Waals surface area (Å²) in [7, 11) is 1.48. The van der Waals surface area contributed by atoms with Gasteiger partial charge in [0.15, 0.2) is 0 Å². The molecule has 0 atom stereocenters. The first-order valence-electron chi connectivity index (χ1n) is 6.78. The maximum absolute atomic E-state index is 11.3. The summed E-state index contributed by atoms with van der Waals surface area (Å²) in [6.07, 6.45) is 1.72. The normalized spacial score (nSPS) is 10.7. The highest BCUT2D eigenvalue weighted by atomic mass is 16.6. The first-order chi connectivity index (χ1) is 9.58. The largest absolute Gasteiger partial charge is 0.496 e. The molecule has 1 aromatic carbocycles. The van der Waals surface area contributed by atoms with Crippen LogP contribution in [0, 0.1) is 10.1 Å². The van der Waals surface area contributed by atoms with E-state index in [0.717, 1.165) is 12.8 Å². The molecule has 0 aliphatic heterocycles. The second-order valence-electron chi connectivity index (χ2n) is 4.50. The fourth-order valence-electron chi connectivity index (χ4n) is 2.36. The van der Waals surface area contributed by atoms with Crippen molar-refractivity contribution in [2.24, 2.45) is 0 Å². The number of methoxy groups -OCH3 is 1. The van der Waals surface area contributed by atoms with Gasteiger partial charge in [-0.15, -0.1) is 0 Å². The Bertz CT molecular complexity index is 447. The van der Waals surface area contributed by atoms with Crippen molar-refractivity contribution in [2.45, 2.75) is 32.7 Å². The molecule has 0 saturated carbocycles. The lowest BCUT2D eigenvalue weighted by Gasteiger charge is -2.31. The third kappa shape index (κ3) is 3.60. The molecule has 6 heteroatoms. The number of benzene rings is 1. The van der Waals surface area contributed by atoms with E-state index in [2.05, 4.69) is 0 Å². The Hall–Kier alpha value is -1.82. The molecule has 0 heterocycles. The van der Waals surface area contributed by atoms with E-state index >= 15 is 0 Å².